The summed E-state index contributed by atoms with van der Waals surface area (Å²) in [5, 5.41) is 3.60. The zero-order valence-corrected chi connectivity index (χ0v) is 12.6. The van der Waals surface area contributed by atoms with E-state index in [-0.39, 0.29) is 6.04 Å². The number of hydrogen-bond donors (Lipinski definition) is 1. The molecule has 0 spiro atoms. The van der Waals surface area contributed by atoms with Crippen LogP contribution in [0.1, 0.15) is 56.1 Å². The Morgan fingerprint density at radius 3 is 2.35 bits per heavy atom. The van der Waals surface area contributed by atoms with Crippen molar-refractivity contribution in [1.82, 2.24) is 10.3 Å². The maximum Gasteiger partial charge on any atom is 0.0570 e. The van der Waals surface area contributed by atoms with Gasteiger partial charge in [0.15, 0.2) is 0 Å². The van der Waals surface area contributed by atoms with Crippen LogP contribution in [0.25, 0.3) is 0 Å². The molecule has 0 saturated carbocycles. The second kappa shape index (κ2) is 7.20. The molecule has 1 heterocycles. The zero-order chi connectivity index (χ0) is 14.4. The Kier molecular flexibility index (Phi) is 5.31. The fourth-order valence-corrected chi connectivity index (χ4v) is 2.45. The summed E-state index contributed by atoms with van der Waals surface area (Å²) in [6.45, 7) is 6.57. The van der Waals surface area contributed by atoms with E-state index in [1.807, 2.05) is 18.3 Å². The van der Waals surface area contributed by atoms with Gasteiger partial charge < -0.3 is 5.32 Å². The van der Waals surface area contributed by atoms with Crippen molar-refractivity contribution >= 4 is 0 Å². The molecular formula is C18H24N2. The van der Waals surface area contributed by atoms with Gasteiger partial charge in [-0.1, -0.05) is 43.7 Å². The number of aryl methyl sites for hydroxylation is 1. The molecule has 1 unspecified atom stereocenters. The van der Waals surface area contributed by atoms with Crippen molar-refractivity contribution in [2.45, 2.75) is 45.7 Å². The van der Waals surface area contributed by atoms with E-state index in [0.29, 0.717) is 6.04 Å². The van der Waals surface area contributed by atoms with Gasteiger partial charge in [0.1, 0.15) is 0 Å². The van der Waals surface area contributed by atoms with Crippen LogP contribution in [0.15, 0.2) is 48.7 Å². The smallest absolute Gasteiger partial charge is 0.0570 e. The number of benzene rings is 1. The van der Waals surface area contributed by atoms with E-state index in [0.717, 1.165) is 12.1 Å². The SMILES string of the molecule is CCCc1ccc(C(C)N[C@H](C)c2ccccn2)cc1. The highest BCUT2D eigenvalue weighted by Crippen LogP contribution is 2.18. The molecule has 1 N–H and O–H groups in total. The summed E-state index contributed by atoms with van der Waals surface area (Å²) in [6, 6.07) is 15.6. The Labute approximate surface area is 122 Å². The van der Waals surface area contributed by atoms with Gasteiger partial charge in [-0.05, 0) is 43.5 Å². The van der Waals surface area contributed by atoms with Crippen molar-refractivity contribution < 1.29 is 0 Å². The van der Waals surface area contributed by atoms with Crippen LogP contribution in [0.3, 0.4) is 0 Å². The molecule has 106 valence electrons. The highest BCUT2D eigenvalue weighted by atomic mass is 15.0. The summed E-state index contributed by atoms with van der Waals surface area (Å²) in [7, 11) is 0. The van der Waals surface area contributed by atoms with Gasteiger partial charge in [-0.2, -0.15) is 0 Å². The lowest BCUT2D eigenvalue weighted by molar-refractivity contribution is 0.486. The fraction of sp³-hybridized carbons (Fsp3) is 0.389. The van der Waals surface area contributed by atoms with Gasteiger partial charge in [0, 0.05) is 18.3 Å². The molecular weight excluding hydrogens is 244 g/mol. The molecule has 2 heteroatoms. The monoisotopic (exact) mass is 268 g/mol. The molecule has 0 bridgehead atoms. The third-order valence-corrected chi connectivity index (χ3v) is 3.65. The first-order valence-electron chi connectivity index (χ1n) is 7.46. The van der Waals surface area contributed by atoms with Gasteiger partial charge in [0.05, 0.1) is 5.69 Å². The second-order valence-corrected chi connectivity index (χ2v) is 5.36. The van der Waals surface area contributed by atoms with Crippen LogP contribution in [0.4, 0.5) is 0 Å². The molecule has 1 aromatic carbocycles. The number of nitrogens with one attached hydrogen (secondary N) is 1. The van der Waals surface area contributed by atoms with Crippen molar-refractivity contribution in [3.63, 3.8) is 0 Å². The number of rotatable bonds is 6. The summed E-state index contributed by atoms with van der Waals surface area (Å²) >= 11 is 0. The average Bonchev–Trinajstić information content (AvgIpc) is 2.49. The largest absolute Gasteiger partial charge is 0.302 e. The van der Waals surface area contributed by atoms with Crippen LogP contribution < -0.4 is 5.32 Å². The van der Waals surface area contributed by atoms with Gasteiger partial charge in [-0.3, -0.25) is 4.98 Å². The first kappa shape index (κ1) is 14.7. The van der Waals surface area contributed by atoms with Gasteiger partial charge in [0.2, 0.25) is 0 Å². The van der Waals surface area contributed by atoms with Crippen LogP contribution in [-0.2, 0) is 6.42 Å². The van der Waals surface area contributed by atoms with Gasteiger partial charge in [-0.15, -0.1) is 0 Å². The van der Waals surface area contributed by atoms with Crippen LogP contribution in [0.5, 0.6) is 0 Å². The summed E-state index contributed by atoms with van der Waals surface area (Å²) in [4.78, 5) is 4.40. The Balaban J connectivity index is 1.99. The number of pyridine rings is 1. The predicted octanol–water partition coefficient (Wildman–Crippen LogP) is 4.45. The lowest BCUT2D eigenvalue weighted by atomic mass is 10.0. The molecule has 2 rings (SSSR count). The van der Waals surface area contributed by atoms with Crippen molar-refractivity contribution in [2.75, 3.05) is 0 Å². The Bertz CT molecular complexity index is 505. The van der Waals surface area contributed by atoms with Crippen molar-refractivity contribution in [3.8, 4) is 0 Å². The number of hydrogen-bond acceptors (Lipinski definition) is 2. The maximum absolute atomic E-state index is 4.40. The van der Waals surface area contributed by atoms with E-state index >= 15 is 0 Å². The minimum absolute atomic E-state index is 0.251. The van der Waals surface area contributed by atoms with Gasteiger partial charge in [-0.25, -0.2) is 0 Å². The Morgan fingerprint density at radius 2 is 1.75 bits per heavy atom. The molecule has 0 aliphatic carbocycles. The van der Waals surface area contributed by atoms with Crippen molar-refractivity contribution in [2.24, 2.45) is 0 Å². The number of aromatic nitrogens is 1. The van der Waals surface area contributed by atoms with Gasteiger partial charge in [0.25, 0.3) is 0 Å². The standard InChI is InChI=1S/C18H24N2/c1-4-7-16-9-11-17(12-10-16)14(2)20-15(3)18-8-5-6-13-19-18/h5-6,8-15,20H,4,7H2,1-3H3/t14?,15-/m1/s1. The quantitative estimate of drug-likeness (QED) is 0.837. The topological polar surface area (TPSA) is 24.9 Å². The van der Waals surface area contributed by atoms with Crippen LogP contribution in [0, 0.1) is 0 Å². The molecule has 0 aliphatic heterocycles. The molecule has 2 nitrogen and oxygen atoms in total. The molecule has 0 saturated heterocycles. The Morgan fingerprint density at radius 1 is 1.00 bits per heavy atom. The van der Waals surface area contributed by atoms with Crippen LogP contribution in [-0.4, -0.2) is 4.98 Å². The molecule has 2 atom stereocenters. The molecule has 20 heavy (non-hydrogen) atoms. The summed E-state index contributed by atoms with van der Waals surface area (Å²) < 4.78 is 0. The minimum Gasteiger partial charge on any atom is -0.302 e. The Hall–Kier alpha value is -1.67. The average molecular weight is 268 g/mol. The lowest BCUT2D eigenvalue weighted by Crippen LogP contribution is -2.23. The van der Waals surface area contributed by atoms with Gasteiger partial charge >= 0.3 is 0 Å². The lowest BCUT2D eigenvalue weighted by Gasteiger charge is -2.20. The summed E-state index contributed by atoms with van der Waals surface area (Å²) in [5.41, 5.74) is 3.83. The molecule has 1 aromatic heterocycles. The van der Waals surface area contributed by atoms with Crippen molar-refractivity contribution in [1.29, 1.82) is 0 Å². The minimum atomic E-state index is 0.251. The fourth-order valence-electron chi connectivity index (χ4n) is 2.45. The third kappa shape index (κ3) is 3.91. The summed E-state index contributed by atoms with van der Waals surface area (Å²) in [6.07, 6.45) is 4.20. The van der Waals surface area contributed by atoms with E-state index in [4.69, 9.17) is 0 Å². The van der Waals surface area contributed by atoms with Crippen molar-refractivity contribution in [3.05, 3.63) is 65.5 Å². The van der Waals surface area contributed by atoms with E-state index in [1.165, 1.54) is 17.5 Å². The second-order valence-electron chi connectivity index (χ2n) is 5.36. The van der Waals surface area contributed by atoms with Crippen LogP contribution in [0.2, 0.25) is 0 Å². The van der Waals surface area contributed by atoms with Crippen LogP contribution >= 0.6 is 0 Å². The molecule has 0 fully saturated rings. The zero-order valence-electron chi connectivity index (χ0n) is 12.6. The normalized spacial score (nSPS) is 13.9. The maximum atomic E-state index is 4.40. The molecule has 0 aliphatic rings. The molecule has 0 amide bonds. The van der Waals surface area contributed by atoms with E-state index in [1.54, 1.807) is 0 Å². The first-order chi connectivity index (χ1) is 9.70. The molecule has 0 radical (unpaired) electrons. The highest BCUT2D eigenvalue weighted by molar-refractivity contribution is 5.25. The van der Waals surface area contributed by atoms with E-state index in [9.17, 15) is 0 Å². The number of nitrogens with zero attached hydrogens (tertiary/aromatic N) is 1. The third-order valence-electron chi connectivity index (χ3n) is 3.65. The van der Waals surface area contributed by atoms with E-state index < -0.39 is 0 Å². The predicted molar refractivity (Wildman–Crippen MR) is 84.6 cm³/mol. The summed E-state index contributed by atoms with van der Waals surface area (Å²) in [5.74, 6) is 0. The van der Waals surface area contributed by atoms with E-state index in [2.05, 4.69) is 61.4 Å². The highest BCUT2D eigenvalue weighted by Gasteiger charge is 2.11. The first-order valence-corrected chi connectivity index (χ1v) is 7.46. The molecule has 2 aromatic rings.